The minimum atomic E-state index is -0.547. The Morgan fingerprint density at radius 3 is 2.52 bits per heavy atom. The number of para-hydroxylation sites is 3. The second-order valence-corrected chi connectivity index (χ2v) is 6.49. The number of nitrogens with zero attached hydrogens (tertiary/aromatic N) is 2. The minimum Gasteiger partial charge on any atom is -0.492 e. The molecule has 1 amide bonds. The molecule has 0 bridgehead atoms. The van der Waals surface area contributed by atoms with Crippen LogP contribution in [0, 0.1) is 5.82 Å². The smallest absolute Gasteiger partial charge is 0.254 e. The average Bonchev–Trinajstić information content (AvgIpc) is 3.11. The molecular weight excluding hydrogens is 369 g/mol. The zero-order chi connectivity index (χ0) is 20.1. The number of carbonyl (C=O) groups excluding carboxylic acids is 1. The number of hydrogen-bond acceptors (Lipinski definition) is 3. The lowest BCUT2D eigenvalue weighted by molar-refractivity contribution is 0.0945. The van der Waals surface area contributed by atoms with Gasteiger partial charge in [0, 0.05) is 0 Å². The third-order valence-electron chi connectivity index (χ3n) is 4.59. The summed E-state index contributed by atoms with van der Waals surface area (Å²) in [7, 11) is 0. The number of fused-ring (bicyclic) bond motifs is 1. The molecule has 1 N–H and O–H groups in total. The highest BCUT2D eigenvalue weighted by Gasteiger charge is 2.14. The molecule has 1 heterocycles. The van der Waals surface area contributed by atoms with Gasteiger partial charge in [-0.15, -0.1) is 0 Å². The number of rotatable bonds is 7. The fraction of sp³-hybridized carbons (Fsp3) is 0.130. The molecule has 0 spiro atoms. The molecule has 3 aromatic carbocycles. The number of ether oxygens (including phenoxy) is 1. The van der Waals surface area contributed by atoms with Crippen molar-refractivity contribution in [1.29, 1.82) is 0 Å². The van der Waals surface area contributed by atoms with Gasteiger partial charge in [-0.3, -0.25) is 4.79 Å². The SMILES string of the molecule is O=C(NCc1nc2ccccc2n1CCOc1ccccc1)c1ccccc1F. The predicted molar refractivity (Wildman–Crippen MR) is 109 cm³/mol. The van der Waals surface area contributed by atoms with Crippen LogP contribution in [0.5, 0.6) is 5.75 Å². The van der Waals surface area contributed by atoms with Crippen molar-refractivity contribution < 1.29 is 13.9 Å². The Balaban J connectivity index is 1.50. The number of carbonyl (C=O) groups is 1. The summed E-state index contributed by atoms with van der Waals surface area (Å²) in [5.41, 5.74) is 1.81. The molecular formula is C23H20FN3O2. The van der Waals surface area contributed by atoms with Gasteiger partial charge in [-0.2, -0.15) is 0 Å². The first-order valence-electron chi connectivity index (χ1n) is 9.37. The lowest BCUT2D eigenvalue weighted by Crippen LogP contribution is -2.26. The Bertz CT molecular complexity index is 1130. The molecule has 1 aromatic heterocycles. The molecule has 0 atom stereocenters. The van der Waals surface area contributed by atoms with Crippen molar-refractivity contribution in [3.8, 4) is 5.75 Å². The average molecular weight is 389 g/mol. The summed E-state index contributed by atoms with van der Waals surface area (Å²) < 4.78 is 21.7. The maximum Gasteiger partial charge on any atom is 0.254 e. The Kier molecular flexibility index (Phi) is 5.52. The van der Waals surface area contributed by atoms with E-state index >= 15 is 0 Å². The second-order valence-electron chi connectivity index (χ2n) is 6.49. The molecule has 0 fully saturated rings. The molecule has 0 unspecified atom stereocenters. The topological polar surface area (TPSA) is 56.2 Å². The number of aromatic nitrogens is 2. The van der Waals surface area contributed by atoms with E-state index in [9.17, 15) is 9.18 Å². The number of benzene rings is 3. The van der Waals surface area contributed by atoms with Crippen LogP contribution in [0.3, 0.4) is 0 Å². The summed E-state index contributed by atoms with van der Waals surface area (Å²) in [6, 6.07) is 23.3. The summed E-state index contributed by atoms with van der Waals surface area (Å²) in [6.07, 6.45) is 0. The molecule has 0 aliphatic carbocycles. The quantitative estimate of drug-likeness (QED) is 0.516. The summed E-state index contributed by atoms with van der Waals surface area (Å²) in [4.78, 5) is 17.0. The van der Waals surface area contributed by atoms with Gasteiger partial charge in [0.2, 0.25) is 0 Å². The Morgan fingerprint density at radius 2 is 1.69 bits per heavy atom. The second kappa shape index (κ2) is 8.56. The molecule has 0 aliphatic rings. The van der Waals surface area contributed by atoms with Gasteiger partial charge in [-0.1, -0.05) is 42.5 Å². The molecule has 4 aromatic rings. The minimum absolute atomic E-state index is 0.0163. The van der Waals surface area contributed by atoms with Gasteiger partial charge in [0.15, 0.2) is 0 Å². The van der Waals surface area contributed by atoms with Gasteiger partial charge in [0.1, 0.15) is 24.0 Å². The van der Waals surface area contributed by atoms with Crippen molar-refractivity contribution in [3.63, 3.8) is 0 Å². The van der Waals surface area contributed by atoms with Crippen molar-refractivity contribution in [3.05, 3.63) is 96.1 Å². The van der Waals surface area contributed by atoms with Crippen molar-refractivity contribution in [2.24, 2.45) is 0 Å². The van der Waals surface area contributed by atoms with Crippen LogP contribution >= 0.6 is 0 Å². The molecule has 0 saturated carbocycles. The highest BCUT2D eigenvalue weighted by molar-refractivity contribution is 5.94. The first-order chi connectivity index (χ1) is 14.2. The molecule has 5 nitrogen and oxygen atoms in total. The van der Waals surface area contributed by atoms with E-state index in [0.29, 0.717) is 19.0 Å². The van der Waals surface area contributed by atoms with Crippen LogP contribution in [0.4, 0.5) is 4.39 Å². The molecule has 29 heavy (non-hydrogen) atoms. The van der Waals surface area contributed by atoms with Gasteiger partial charge >= 0.3 is 0 Å². The Labute approximate surface area is 167 Å². The van der Waals surface area contributed by atoms with Crippen molar-refractivity contribution in [1.82, 2.24) is 14.9 Å². The first-order valence-corrected chi connectivity index (χ1v) is 9.37. The van der Waals surface area contributed by atoms with Crippen LogP contribution in [0.1, 0.15) is 16.2 Å². The van der Waals surface area contributed by atoms with Crippen LogP contribution in [-0.4, -0.2) is 22.1 Å². The monoisotopic (exact) mass is 389 g/mol. The standard InChI is InChI=1S/C23H20FN3O2/c24-19-11-5-4-10-18(19)23(28)25-16-22-26-20-12-6-7-13-21(20)27(22)14-15-29-17-8-2-1-3-9-17/h1-13H,14-16H2,(H,25,28). The highest BCUT2D eigenvalue weighted by Crippen LogP contribution is 2.17. The number of imidazole rings is 1. The number of amides is 1. The predicted octanol–water partition coefficient (Wildman–Crippen LogP) is 4.18. The number of halogens is 1. The van der Waals surface area contributed by atoms with Crippen molar-refractivity contribution >= 4 is 16.9 Å². The number of nitrogens with one attached hydrogen (secondary N) is 1. The van der Waals surface area contributed by atoms with Crippen LogP contribution < -0.4 is 10.1 Å². The lowest BCUT2D eigenvalue weighted by Gasteiger charge is -2.12. The molecule has 4 rings (SSSR count). The lowest BCUT2D eigenvalue weighted by atomic mass is 10.2. The van der Waals surface area contributed by atoms with Gasteiger partial charge in [-0.25, -0.2) is 9.37 Å². The van der Waals surface area contributed by atoms with Crippen LogP contribution in [0.15, 0.2) is 78.9 Å². The van der Waals surface area contributed by atoms with E-state index in [4.69, 9.17) is 4.74 Å². The summed E-state index contributed by atoms with van der Waals surface area (Å²) >= 11 is 0. The Hall–Kier alpha value is -3.67. The normalized spacial score (nSPS) is 10.8. The van der Waals surface area contributed by atoms with E-state index in [2.05, 4.69) is 10.3 Å². The van der Waals surface area contributed by atoms with Crippen LogP contribution in [-0.2, 0) is 13.1 Å². The fourth-order valence-corrected chi connectivity index (χ4v) is 3.18. The van der Waals surface area contributed by atoms with Gasteiger partial charge in [0.25, 0.3) is 5.91 Å². The maximum atomic E-state index is 13.8. The van der Waals surface area contributed by atoms with E-state index in [0.717, 1.165) is 16.8 Å². The fourth-order valence-electron chi connectivity index (χ4n) is 3.18. The summed E-state index contributed by atoms with van der Waals surface area (Å²) in [5, 5.41) is 2.76. The third-order valence-corrected chi connectivity index (χ3v) is 4.59. The zero-order valence-electron chi connectivity index (χ0n) is 15.7. The van der Waals surface area contributed by atoms with E-state index in [-0.39, 0.29) is 12.1 Å². The largest absolute Gasteiger partial charge is 0.492 e. The third kappa shape index (κ3) is 4.27. The van der Waals surface area contributed by atoms with Crippen LogP contribution in [0.2, 0.25) is 0 Å². The Morgan fingerprint density at radius 1 is 0.966 bits per heavy atom. The molecule has 0 saturated heterocycles. The molecule has 0 radical (unpaired) electrons. The van der Waals surface area contributed by atoms with E-state index < -0.39 is 11.7 Å². The van der Waals surface area contributed by atoms with Crippen LogP contribution in [0.25, 0.3) is 11.0 Å². The number of hydrogen-bond donors (Lipinski definition) is 1. The maximum absolute atomic E-state index is 13.8. The van der Waals surface area contributed by atoms with Gasteiger partial charge < -0.3 is 14.6 Å². The molecule has 0 aliphatic heterocycles. The molecule has 6 heteroatoms. The van der Waals surface area contributed by atoms with Crippen molar-refractivity contribution in [2.45, 2.75) is 13.1 Å². The zero-order valence-corrected chi connectivity index (χ0v) is 15.7. The van der Waals surface area contributed by atoms with E-state index in [1.54, 1.807) is 12.1 Å². The van der Waals surface area contributed by atoms with Gasteiger partial charge in [-0.05, 0) is 36.4 Å². The van der Waals surface area contributed by atoms with E-state index in [1.807, 2.05) is 59.2 Å². The summed E-state index contributed by atoms with van der Waals surface area (Å²) in [5.74, 6) is 0.468. The van der Waals surface area contributed by atoms with Crippen molar-refractivity contribution in [2.75, 3.05) is 6.61 Å². The highest BCUT2D eigenvalue weighted by atomic mass is 19.1. The van der Waals surface area contributed by atoms with E-state index in [1.165, 1.54) is 12.1 Å². The molecule has 146 valence electrons. The first kappa shape index (κ1) is 18.7. The summed E-state index contributed by atoms with van der Waals surface area (Å²) in [6.45, 7) is 1.21. The van der Waals surface area contributed by atoms with Gasteiger partial charge in [0.05, 0.1) is 29.7 Å².